The summed E-state index contributed by atoms with van der Waals surface area (Å²) in [5.74, 6) is 0.146. The number of thiazole rings is 1. The van der Waals surface area contributed by atoms with Crippen LogP contribution >= 0.6 is 11.3 Å². The molecule has 1 saturated carbocycles. The van der Waals surface area contributed by atoms with Crippen LogP contribution in [0.15, 0.2) is 24.3 Å². The van der Waals surface area contributed by atoms with Gasteiger partial charge in [-0.1, -0.05) is 31.4 Å². The van der Waals surface area contributed by atoms with E-state index < -0.39 is 0 Å². The lowest BCUT2D eigenvalue weighted by Gasteiger charge is -2.20. The Hall–Kier alpha value is -1.75. The minimum absolute atomic E-state index is 0.197. The van der Waals surface area contributed by atoms with Gasteiger partial charge in [0.2, 0.25) is 5.91 Å². The molecule has 1 aliphatic carbocycles. The molecule has 0 aliphatic heterocycles. The van der Waals surface area contributed by atoms with Crippen molar-refractivity contribution in [2.45, 2.75) is 45.4 Å². The van der Waals surface area contributed by atoms with Gasteiger partial charge in [-0.25, -0.2) is 9.37 Å². The first-order chi connectivity index (χ1) is 11.6. The number of nitrogens with one attached hydrogen (secondary N) is 1. The molecule has 1 aromatic heterocycles. The summed E-state index contributed by atoms with van der Waals surface area (Å²) < 4.78 is 13.4. The van der Waals surface area contributed by atoms with Crippen LogP contribution in [-0.2, 0) is 11.2 Å². The molecular formula is C19H23FN2OS. The number of rotatable bonds is 5. The van der Waals surface area contributed by atoms with E-state index in [0.29, 0.717) is 6.54 Å². The SMILES string of the molecule is Cc1nc(-c2cccc(F)c2)sc1CCNC(=O)C1CCCCC1. The Bertz CT molecular complexity index is 707. The lowest BCUT2D eigenvalue weighted by molar-refractivity contribution is -0.125. The molecule has 1 N–H and O–H groups in total. The van der Waals surface area contributed by atoms with Gasteiger partial charge in [0, 0.05) is 29.3 Å². The number of hydrogen-bond donors (Lipinski definition) is 1. The van der Waals surface area contributed by atoms with Crippen LogP contribution in [0.25, 0.3) is 10.6 Å². The van der Waals surface area contributed by atoms with E-state index in [4.69, 9.17) is 0 Å². The topological polar surface area (TPSA) is 42.0 Å². The van der Waals surface area contributed by atoms with E-state index in [-0.39, 0.29) is 17.6 Å². The number of amides is 1. The van der Waals surface area contributed by atoms with Gasteiger partial charge in [-0.2, -0.15) is 0 Å². The summed E-state index contributed by atoms with van der Waals surface area (Å²) in [4.78, 5) is 17.9. The zero-order valence-electron chi connectivity index (χ0n) is 14.0. The van der Waals surface area contributed by atoms with Crippen LogP contribution in [0.1, 0.15) is 42.7 Å². The molecule has 3 nitrogen and oxygen atoms in total. The number of halogens is 1. The monoisotopic (exact) mass is 346 g/mol. The van der Waals surface area contributed by atoms with E-state index in [1.807, 2.05) is 13.0 Å². The third-order valence-corrected chi connectivity index (χ3v) is 5.86. The van der Waals surface area contributed by atoms with Crippen molar-refractivity contribution in [1.29, 1.82) is 0 Å². The highest BCUT2D eigenvalue weighted by Crippen LogP contribution is 2.28. The summed E-state index contributed by atoms with van der Waals surface area (Å²) in [6.07, 6.45) is 6.42. The molecule has 0 spiro atoms. The largest absolute Gasteiger partial charge is 0.356 e. The fraction of sp³-hybridized carbons (Fsp3) is 0.474. The standard InChI is InChI=1S/C19H23FN2OS/c1-13-17(10-11-21-18(23)14-6-3-2-4-7-14)24-19(22-13)15-8-5-9-16(20)12-15/h5,8-9,12,14H,2-4,6-7,10-11H2,1H3,(H,21,23). The second kappa shape index (κ2) is 7.88. The van der Waals surface area contributed by atoms with Crippen LogP contribution in [0, 0.1) is 18.7 Å². The minimum Gasteiger partial charge on any atom is -0.356 e. The highest BCUT2D eigenvalue weighted by molar-refractivity contribution is 7.15. The first-order valence-corrected chi connectivity index (χ1v) is 9.45. The molecule has 1 aromatic carbocycles. The predicted octanol–water partition coefficient (Wildman–Crippen LogP) is 4.50. The van der Waals surface area contributed by atoms with Gasteiger partial charge in [0.15, 0.2) is 0 Å². The zero-order chi connectivity index (χ0) is 16.9. The number of carbonyl (C=O) groups is 1. The molecule has 1 amide bonds. The summed E-state index contributed by atoms with van der Waals surface area (Å²) in [5, 5.41) is 3.90. The summed E-state index contributed by atoms with van der Waals surface area (Å²) in [5.41, 5.74) is 1.77. The van der Waals surface area contributed by atoms with Gasteiger partial charge < -0.3 is 5.32 Å². The van der Waals surface area contributed by atoms with E-state index in [1.54, 1.807) is 17.4 Å². The fourth-order valence-electron chi connectivity index (χ4n) is 3.21. The smallest absolute Gasteiger partial charge is 0.223 e. The second-order valence-electron chi connectivity index (χ2n) is 6.41. The van der Waals surface area contributed by atoms with Crippen molar-refractivity contribution in [2.75, 3.05) is 6.54 Å². The molecule has 1 fully saturated rings. The van der Waals surface area contributed by atoms with Crippen molar-refractivity contribution in [3.8, 4) is 10.6 Å². The molecule has 0 radical (unpaired) electrons. The Balaban J connectivity index is 1.57. The predicted molar refractivity (Wildman–Crippen MR) is 95.5 cm³/mol. The Labute approximate surface area is 146 Å². The number of benzene rings is 1. The van der Waals surface area contributed by atoms with E-state index in [0.717, 1.165) is 40.4 Å². The summed E-state index contributed by atoms with van der Waals surface area (Å²) in [6.45, 7) is 2.61. The average Bonchev–Trinajstić information content (AvgIpc) is 2.97. The van der Waals surface area contributed by atoms with Crippen molar-refractivity contribution in [1.82, 2.24) is 10.3 Å². The van der Waals surface area contributed by atoms with Crippen molar-refractivity contribution >= 4 is 17.2 Å². The Morgan fingerprint density at radius 2 is 2.12 bits per heavy atom. The van der Waals surface area contributed by atoms with Crippen LogP contribution < -0.4 is 5.32 Å². The maximum atomic E-state index is 13.4. The van der Waals surface area contributed by atoms with Crippen molar-refractivity contribution in [2.24, 2.45) is 5.92 Å². The summed E-state index contributed by atoms with van der Waals surface area (Å²) in [7, 11) is 0. The molecule has 0 bridgehead atoms. The minimum atomic E-state index is -0.248. The number of nitrogens with zero attached hydrogens (tertiary/aromatic N) is 1. The molecule has 128 valence electrons. The molecule has 1 aliphatic rings. The van der Waals surface area contributed by atoms with Crippen LogP contribution in [0.3, 0.4) is 0 Å². The molecule has 0 saturated heterocycles. The first kappa shape index (κ1) is 17.1. The number of hydrogen-bond acceptors (Lipinski definition) is 3. The lowest BCUT2D eigenvalue weighted by atomic mass is 9.89. The van der Waals surface area contributed by atoms with Crippen LogP contribution in [0.4, 0.5) is 4.39 Å². The number of aromatic nitrogens is 1. The van der Waals surface area contributed by atoms with Gasteiger partial charge in [-0.15, -0.1) is 11.3 Å². The molecule has 0 atom stereocenters. The zero-order valence-corrected chi connectivity index (χ0v) is 14.8. The third kappa shape index (κ3) is 4.20. The number of carbonyl (C=O) groups excluding carboxylic acids is 1. The Morgan fingerprint density at radius 1 is 1.33 bits per heavy atom. The molecule has 1 heterocycles. The van der Waals surface area contributed by atoms with Crippen molar-refractivity contribution in [3.63, 3.8) is 0 Å². The van der Waals surface area contributed by atoms with Crippen LogP contribution in [-0.4, -0.2) is 17.4 Å². The molecule has 5 heteroatoms. The first-order valence-electron chi connectivity index (χ1n) is 8.63. The number of aryl methyl sites for hydroxylation is 1. The van der Waals surface area contributed by atoms with Gasteiger partial charge in [-0.3, -0.25) is 4.79 Å². The molecule has 24 heavy (non-hydrogen) atoms. The van der Waals surface area contributed by atoms with E-state index in [2.05, 4.69) is 10.3 Å². The van der Waals surface area contributed by atoms with Gasteiger partial charge >= 0.3 is 0 Å². The Kier molecular flexibility index (Phi) is 5.61. The van der Waals surface area contributed by atoms with Gasteiger partial charge in [-0.05, 0) is 31.9 Å². The Morgan fingerprint density at radius 3 is 2.88 bits per heavy atom. The van der Waals surface area contributed by atoms with Crippen molar-refractivity contribution in [3.05, 3.63) is 40.7 Å². The maximum Gasteiger partial charge on any atom is 0.223 e. The molecule has 2 aromatic rings. The lowest BCUT2D eigenvalue weighted by Crippen LogP contribution is -2.33. The quantitative estimate of drug-likeness (QED) is 0.866. The van der Waals surface area contributed by atoms with E-state index >= 15 is 0 Å². The van der Waals surface area contributed by atoms with Gasteiger partial charge in [0.1, 0.15) is 10.8 Å². The van der Waals surface area contributed by atoms with Gasteiger partial charge in [0.05, 0.1) is 5.69 Å². The molecular weight excluding hydrogens is 323 g/mol. The highest BCUT2D eigenvalue weighted by Gasteiger charge is 2.20. The van der Waals surface area contributed by atoms with Gasteiger partial charge in [0.25, 0.3) is 0 Å². The normalized spacial score (nSPS) is 15.4. The highest BCUT2D eigenvalue weighted by atomic mass is 32.1. The molecule has 3 rings (SSSR count). The van der Waals surface area contributed by atoms with E-state index in [9.17, 15) is 9.18 Å². The summed E-state index contributed by atoms with van der Waals surface area (Å²) in [6, 6.07) is 6.51. The van der Waals surface area contributed by atoms with E-state index in [1.165, 1.54) is 31.4 Å². The van der Waals surface area contributed by atoms with Crippen LogP contribution in [0.5, 0.6) is 0 Å². The van der Waals surface area contributed by atoms with Crippen molar-refractivity contribution < 1.29 is 9.18 Å². The van der Waals surface area contributed by atoms with Crippen LogP contribution in [0.2, 0.25) is 0 Å². The average molecular weight is 346 g/mol. The molecule has 0 unspecified atom stereocenters. The summed E-state index contributed by atoms with van der Waals surface area (Å²) >= 11 is 1.58. The third-order valence-electron chi connectivity index (χ3n) is 4.59. The maximum absolute atomic E-state index is 13.4. The fourth-order valence-corrected chi connectivity index (χ4v) is 4.27. The second-order valence-corrected chi connectivity index (χ2v) is 7.50.